The highest BCUT2D eigenvalue weighted by atomic mass is 16.5. The summed E-state index contributed by atoms with van der Waals surface area (Å²) in [5.74, 6) is 4.76. The van der Waals surface area contributed by atoms with E-state index in [9.17, 15) is 4.79 Å². The van der Waals surface area contributed by atoms with E-state index >= 15 is 0 Å². The molecule has 0 aliphatic heterocycles. The molecular formula is C29H46O2. The van der Waals surface area contributed by atoms with Crippen molar-refractivity contribution < 1.29 is 9.53 Å². The maximum absolute atomic E-state index is 11.5. The molecule has 4 aliphatic rings. The molecule has 2 heteroatoms. The lowest BCUT2D eigenvalue weighted by atomic mass is 9.47. The predicted octanol–water partition coefficient (Wildman–Crippen LogP) is 7.74. The quantitative estimate of drug-likeness (QED) is 0.332. The molecule has 8 atom stereocenters. The molecule has 3 saturated carbocycles. The van der Waals surface area contributed by atoms with Crippen LogP contribution < -0.4 is 0 Å². The fraction of sp³-hybridized carbons (Fsp3) is 0.828. The van der Waals surface area contributed by atoms with Crippen molar-refractivity contribution in [3.63, 3.8) is 0 Å². The molecule has 4 rings (SSSR count). The maximum Gasteiger partial charge on any atom is 0.302 e. The lowest BCUT2D eigenvalue weighted by molar-refractivity contribution is -0.148. The average Bonchev–Trinajstić information content (AvgIpc) is 3.05. The third kappa shape index (κ3) is 4.18. The van der Waals surface area contributed by atoms with E-state index in [4.69, 9.17) is 4.74 Å². The van der Waals surface area contributed by atoms with Gasteiger partial charge in [0.25, 0.3) is 0 Å². The number of allylic oxidation sites excluding steroid dienone is 3. The van der Waals surface area contributed by atoms with Crippen LogP contribution in [0, 0.1) is 46.3 Å². The molecule has 0 N–H and O–H groups in total. The molecule has 0 aromatic rings. The standard InChI is InChI=1S/C29H46O2/c1-19(2)8-7-9-20(3)25-12-13-26-24-11-10-22-18-23(31-21(4)30)14-16-28(22,5)27(24)15-17-29(25,26)6/h7,9-10,19-20,23-27H,8,11-18H2,1-6H3/b9-7-/t20-,23+,24+,25-,26+,27+,28+,29-/m1/s1. The molecule has 0 aromatic heterocycles. The van der Waals surface area contributed by atoms with E-state index in [0.717, 1.165) is 42.4 Å². The van der Waals surface area contributed by atoms with Gasteiger partial charge < -0.3 is 4.74 Å². The second-order valence-corrected chi connectivity index (χ2v) is 12.4. The molecule has 4 aliphatic carbocycles. The molecular weight excluding hydrogens is 380 g/mol. The van der Waals surface area contributed by atoms with Crippen LogP contribution in [0.3, 0.4) is 0 Å². The first-order valence-corrected chi connectivity index (χ1v) is 13.2. The van der Waals surface area contributed by atoms with Crippen LogP contribution >= 0.6 is 0 Å². The highest BCUT2D eigenvalue weighted by molar-refractivity contribution is 5.66. The topological polar surface area (TPSA) is 26.3 Å². The van der Waals surface area contributed by atoms with Crippen molar-refractivity contribution in [2.24, 2.45) is 46.3 Å². The van der Waals surface area contributed by atoms with E-state index in [1.165, 1.54) is 44.9 Å². The van der Waals surface area contributed by atoms with Gasteiger partial charge in [-0.1, -0.05) is 58.4 Å². The van der Waals surface area contributed by atoms with Gasteiger partial charge in [-0.3, -0.25) is 4.79 Å². The first-order chi connectivity index (χ1) is 14.6. The smallest absolute Gasteiger partial charge is 0.302 e. The van der Waals surface area contributed by atoms with Gasteiger partial charge in [-0.25, -0.2) is 0 Å². The van der Waals surface area contributed by atoms with Crippen molar-refractivity contribution in [3.8, 4) is 0 Å². The van der Waals surface area contributed by atoms with E-state index in [1.54, 1.807) is 12.5 Å². The Morgan fingerprint density at radius 3 is 2.61 bits per heavy atom. The number of rotatable bonds is 5. The monoisotopic (exact) mass is 426 g/mol. The Morgan fingerprint density at radius 1 is 1.13 bits per heavy atom. The summed E-state index contributed by atoms with van der Waals surface area (Å²) in [6, 6.07) is 0. The Hall–Kier alpha value is -1.05. The van der Waals surface area contributed by atoms with Crippen molar-refractivity contribution in [3.05, 3.63) is 23.8 Å². The van der Waals surface area contributed by atoms with Crippen LogP contribution in [0.1, 0.15) is 99.3 Å². The molecule has 31 heavy (non-hydrogen) atoms. The second kappa shape index (κ2) is 8.71. The minimum absolute atomic E-state index is 0.108. The van der Waals surface area contributed by atoms with Crippen molar-refractivity contribution in [2.45, 2.75) is 105 Å². The van der Waals surface area contributed by atoms with Crippen molar-refractivity contribution in [1.29, 1.82) is 0 Å². The molecule has 0 bridgehead atoms. The lowest BCUT2D eigenvalue weighted by Gasteiger charge is -2.58. The molecule has 0 spiro atoms. The Kier molecular flexibility index (Phi) is 6.50. The Balaban J connectivity index is 1.50. The summed E-state index contributed by atoms with van der Waals surface area (Å²) in [4.78, 5) is 11.5. The summed E-state index contributed by atoms with van der Waals surface area (Å²) >= 11 is 0. The van der Waals surface area contributed by atoms with Crippen molar-refractivity contribution >= 4 is 5.97 Å². The number of hydrogen-bond donors (Lipinski definition) is 0. The third-order valence-electron chi connectivity index (χ3n) is 10.1. The van der Waals surface area contributed by atoms with E-state index in [2.05, 4.69) is 52.8 Å². The van der Waals surface area contributed by atoms with E-state index in [1.807, 2.05) is 0 Å². The van der Waals surface area contributed by atoms with Crippen LogP contribution in [0.5, 0.6) is 0 Å². The number of hydrogen-bond acceptors (Lipinski definition) is 2. The molecule has 0 amide bonds. The minimum Gasteiger partial charge on any atom is -0.462 e. The van der Waals surface area contributed by atoms with Crippen LogP contribution in [0.25, 0.3) is 0 Å². The first-order valence-electron chi connectivity index (χ1n) is 13.2. The Morgan fingerprint density at radius 2 is 1.90 bits per heavy atom. The fourth-order valence-electron chi connectivity index (χ4n) is 8.57. The van der Waals surface area contributed by atoms with Crippen LogP contribution in [0.15, 0.2) is 23.8 Å². The SMILES string of the molecule is CC(=O)O[C@H]1CC[C@@]2(C)C(=CC[C@H]3[C@@H]4CC[C@H]([C@H](C)/C=C\CC(C)C)[C@@]4(C)CC[C@@H]32)C1. The van der Waals surface area contributed by atoms with Crippen LogP contribution in [0.2, 0.25) is 0 Å². The van der Waals surface area contributed by atoms with Gasteiger partial charge in [0.1, 0.15) is 6.10 Å². The Bertz CT molecular complexity index is 733. The predicted molar refractivity (Wildman–Crippen MR) is 129 cm³/mol. The lowest BCUT2D eigenvalue weighted by Crippen LogP contribution is -2.51. The zero-order chi connectivity index (χ0) is 22.4. The van der Waals surface area contributed by atoms with Gasteiger partial charge in [-0.05, 0) is 97.7 Å². The number of fused-ring (bicyclic) bond motifs is 5. The molecule has 174 valence electrons. The van der Waals surface area contributed by atoms with Gasteiger partial charge in [-0.15, -0.1) is 0 Å². The minimum atomic E-state index is -0.120. The fourth-order valence-corrected chi connectivity index (χ4v) is 8.57. The largest absolute Gasteiger partial charge is 0.462 e. The van der Waals surface area contributed by atoms with Crippen LogP contribution in [-0.2, 0) is 9.53 Å². The molecule has 0 aromatic carbocycles. The number of esters is 1. The van der Waals surface area contributed by atoms with E-state index in [0.29, 0.717) is 16.7 Å². The van der Waals surface area contributed by atoms with E-state index < -0.39 is 0 Å². The zero-order valence-corrected chi connectivity index (χ0v) is 21.0. The molecule has 0 heterocycles. The van der Waals surface area contributed by atoms with Gasteiger partial charge in [0.05, 0.1) is 0 Å². The van der Waals surface area contributed by atoms with Gasteiger partial charge in [0.2, 0.25) is 0 Å². The molecule has 2 nitrogen and oxygen atoms in total. The maximum atomic E-state index is 11.5. The van der Waals surface area contributed by atoms with Crippen molar-refractivity contribution in [1.82, 2.24) is 0 Å². The zero-order valence-electron chi connectivity index (χ0n) is 21.0. The van der Waals surface area contributed by atoms with Crippen LogP contribution in [0.4, 0.5) is 0 Å². The first kappa shape index (κ1) is 23.1. The van der Waals surface area contributed by atoms with E-state index in [-0.39, 0.29) is 12.1 Å². The number of ether oxygens (including phenoxy) is 1. The second-order valence-electron chi connectivity index (χ2n) is 12.4. The highest BCUT2D eigenvalue weighted by Crippen LogP contribution is 2.67. The molecule has 0 saturated heterocycles. The van der Waals surface area contributed by atoms with Gasteiger partial charge in [-0.2, -0.15) is 0 Å². The summed E-state index contributed by atoms with van der Waals surface area (Å²) in [6.45, 7) is 13.9. The average molecular weight is 427 g/mol. The van der Waals surface area contributed by atoms with Gasteiger partial charge in [0, 0.05) is 13.3 Å². The summed E-state index contributed by atoms with van der Waals surface area (Å²) < 4.78 is 5.61. The summed E-state index contributed by atoms with van der Waals surface area (Å²) in [5, 5.41) is 0. The molecule has 3 fully saturated rings. The van der Waals surface area contributed by atoms with Gasteiger partial charge >= 0.3 is 5.97 Å². The summed E-state index contributed by atoms with van der Waals surface area (Å²) in [7, 11) is 0. The normalized spacial score (nSPS) is 43.2. The van der Waals surface area contributed by atoms with Gasteiger partial charge in [0.15, 0.2) is 0 Å². The summed E-state index contributed by atoms with van der Waals surface area (Å²) in [5.41, 5.74) is 2.45. The summed E-state index contributed by atoms with van der Waals surface area (Å²) in [6.07, 6.45) is 19.0. The third-order valence-corrected chi connectivity index (χ3v) is 10.1. The number of carbonyl (C=O) groups excluding carboxylic acids is 1. The van der Waals surface area contributed by atoms with Crippen molar-refractivity contribution in [2.75, 3.05) is 0 Å². The number of carbonyl (C=O) groups is 1. The molecule has 0 radical (unpaired) electrons. The molecule has 0 unspecified atom stereocenters. The highest BCUT2D eigenvalue weighted by Gasteiger charge is 2.59. The Labute approximate surface area is 191 Å². The van der Waals surface area contributed by atoms with Crippen LogP contribution in [-0.4, -0.2) is 12.1 Å².